The first kappa shape index (κ1) is 14.5. The Bertz CT molecular complexity index is 668. The Morgan fingerprint density at radius 3 is 2.80 bits per heavy atom. The van der Waals surface area contributed by atoms with Crippen LogP contribution >= 0.6 is 0 Å². The number of aliphatic carboxylic acids is 1. The van der Waals surface area contributed by atoms with Crippen LogP contribution in [0.2, 0.25) is 0 Å². The number of amides is 1. The Labute approximate surface area is 116 Å². The minimum Gasteiger partial charge on any atom is -0.481 e. The van der Waals surface area contributed by atoms with Crippen molar-refractivity contribution < 1.29 is 23.1 Å². The van der Waals surface area contributed by atoms with Gasteiger partial charge in [-0.15, -0.1) is 0 Å². The van der Waals surface area contributed by atoms with Crippen LogP contribution in [0.15, 0.2) is 23.1 Å². The maximum Gasteiger partial charge on any atom is 0.304 e. The lowest BCUT2D eigenvalue weighted by Crippen LogP contribution is -2.29. The van der Waals surface area contributed by atoms with Crippen LogP contribution in [0, 0.1) is 0 Å². The van der Waals surface area contributed by atoms with Crippen molar-refractivity contribution in [2.45, 2.75) is 17.7 Å². The van der Waals surface area contributed by atoms with E-state index in [2.05, 4.69) is 5.32 Å². The summed E-state index contributed by atoms with van der Waals surface area (Å²) in [6, 6.07) is 4.38. The van der Waals surface area contributed by atoms with Gasteiger partial charge in [0.25, 0.3) is 0 Å². The van der Waals surface area contributed by atoms with Gasteiger partial charge < -0.3 is 10.4 Å². The van der Waals surface area contributed by atoms with Gasteiger partial charge in [-0.1, -0.05) is 0 Å². The molecule has 0 saturated heterocycles. The summed E-state index contributed by atoms with van der Waals surface area (Å²) < 4.78 is 25.5. The number of carbonyl (C=O) groups excluding carboxylic acids is 1. The van der Waals surface area contributed by atoms with Crippen LogP contribution in [-0.2, 0) is 26.0 Å². The van der Waals surface area contributed by atoms with E-state index in [1.807, 2.05) is 0 Å². The third-order valence-electron chi connectivity index (χ3n) is 3.05. The molecule has 1 aromatic rings. The van der Waals surface area contributed by atoms with Crippen LogP contribution in [-0.4, -0.2) is 43.3 Å². The number of carbonyl (C=O) groups is 2. The second-order valence-corrected chi connectivity index (χ2v) is 6.56. The normalized spacial score (nSPS) is 14.2. The van der Waals surface area contributed by atoms with Gasteiger partial charge >= 0.3 is 5.97 Å². The van der Waals surface area contributed by atoms with Crippen molar-refractivity contribution in [2.75, 3.05) is 18.9 Å². The SMILES string of the molecule is CN(CCC(=O)O)S(=O)(=O)c1ccc2c(c1)CC(=O)N2. The third kappa shape index (κ3) is 2.81. The first-order chi connectivity index (χ1) is 9.30. The Kier molecular flexibility index (Phi) is 3.78. The molecule has 1 heterocycles. The molecule has 0 radical (unpaired) electrons. The van der Waals surface area contributed by atoms with Crippen molar-refractivity contribution in [1.29, 1.82) is 0 Å². The molecular weight excluding hydrogens is 284 g/mol. The molecule has 0 aromatic heterocycles. The quantitative estimate of drug-likeness (QED) is 0.812. The summed E-state index contributed by atoms with van der Waals surface area (Å²) in [7, 11) is -2.41. The fraction of sp³-hybridized carbons (Fsp3) is 0.333. The van der Waals surface area contributed by atoms with Gasteiger partial charge in [0, 0.05) is 19.3 Å². The number of sulfonamides is 1. The molecule has 0 spiro atoms. The van der Waals surface area contributed by atoms with Crippen molar-refractivity contribution in [3.05, 3.63) is 23.8 Å². The standard InChI is InChI=1S/C12H14N2O5S/c1-14(5-4-12(16)17)20(18,19)9-2-3-10-8(6-9)7-11(15)13-10/h2-3,6H,4-5,7H2,1H3,(H,13,15)(H,16,17). The molecule has 1 aliphatic heterocycles. The molecule has 1 aliphatic rings. The Balaban J connectivity index is 2.24. The zero-order valence-electron chi connectivity index (χ0n) is 10.8. The predicted molar refractivity (Wildman–Crippen MR) is 70.8 cm³/mol. The van der Waals surface area contributed by atoms with Crippen LogP contribution in [0.4, 0.5) is 5.69 Å². The number of anilines is 1. The summed E-state index contributed by atoms with van der Waals surface area (Å²) in [6.07, 6.45) is -0.113. The molecule has 108 valence electrons. The highest BCUT2D eigenvalue weighted by Crippen LogP contribution is 2.26. The van der Waals surface area contributed by atoms with E-state index in [4.69, 9.17) is 5.11 Å². The van der Waals surface area contributed by atoms with E-state index < -0.39 is 16.0 Å². The molecule has 0 saturated carbocycles. The minimum atomic E-state index is -3.74. The van der Waals surface area contributed by atoms with Gasteiger partial charge in [0.05, 0.1) is 17.7 Å². The highest BCUT2D eigenvalue weighted by atomic mass is 32.2. The van der Waals surface area contributed by atoms with Crippen molar-refractivity contribution >= 4 is 27.6 Å². The molecule has 0 unspecified atom stereocenters. The van der Waals surface area contributed by atoms with E-state index in [0.717, 1.165) is 4.31 Å². The molecule has 20 heavy (non-hydrogen) atoms. The summed E-state index contributed by atoms with van der Waals surface area (Å²) in [5, 5.41) is 11.2. The van der Waals surface area contributed by atoms with E-state index in [1.165, 1.54) is 25.2 Å². The number of hydrogen-bond acceptors (Lipinski definition) is 4. The van der Waals surface area contributed by atoms with Crippen LogP contribution in [0.1, 0.15) is 12.0 Å². The lowest BCUT2D eigenvalue weighted by atomic mass is 10.2. The Morgan fingerprint density at radius 2 is 2.15 bits per heavy atom. The molecule has 1 amide bonds. The molecule has 8 heteroatoms. The van der Waals surface area contributed by atoms with E-state index in [1.54, 1.807) is 0 Å². The summed E-state index contributed by atoms with van der Waals surface area (Å²) in [5.74, 6) is -1.23. The first-order valence-electron chi connectivity index (χ1n) is 5.91. The lowest BCUT2D eigenvalue weighted by molar-refractivity contribution is -0.137. The van der Waals surface area contributed by atoms with Gasteiger partial charge in [-0.3, -0.25) is 9.59 Å². The Morgan fingerprint density at radius 1 is 1.45 bits per heavy atom. The second kappa shape index (κ2) is 5.22. The fourth-order valence-electron chi connectivity index (χ4n) is 1.92. The molecule has 0 aliphatic carbocycles. The van der Waals surface area contributed by atoms with E-state index in [9.17, 15) is 18.0 Å². The Hall–Kier alpha value is -1.93. The minimum absolute atomic E-state index is 0.0561. The molecule has 7 nitrogen and oxygen atoms in total. The molecule has 0 atom stereocenters. The highest BCUT2D eigenvalue weighted by Gasteiger charge is 2.25. The number of nitrogens with zero attached hydrogens (tertiary/aromatic N) is 1. The number of hydrogen-bond donors (Lipinski definition) is 2. The average Bonchev–Trinajstić information content (AvgIpc) is 2.74. The van der Waals surface area contributed by atoms with Gasteiger partial charge in [0.15, 0.2) is 0 Å². The number of carboxylic acid groups (broad SMARTS) is 1. The maximum atomic E-state index is 12.3. The van der Waals surface area contributed by atoms with Crippen molar-refractivity contribution in [2.24, 2.45) is 0 Å². The van der Waals surface area contributed by atoms with Gasteiger partial charge in [0.1, 0.15) is 0 Å². The fourth-order valence-corrected chi connectivity index (χ4v) is 3.14. The van der Waals surface area contributed by atoms with E-state index in [-0.39, 0.29) is 30.2 Å². The zero-order chi connectivity index (χ0) is 14.9. The zero-order valence-corrected chi connectivity index (χ0v) is 11.6. The first-order valence-corrected chi connectivity index (χ1v) is 7.35. The maximum absolute atomic E-state index is 12.3. The highest BCUT2D eigenvalue weighted by molar-refractivity contribution is 7.89. The van der Waals surface area contributed by atoms with Crippen LogP contribution in [0.3, 0.4) is 0 Å². The largest absolute Gasteiger partial charge is 0.481 e. The second-order valence-electron chi connectivity index (χ2n) is 4.51. The van der Waals surface area contributed by atoms with Crippen molar-refractivity contribution in [3.63, 3.8) is 0 Å². The number of rotatable bonds is 5. The summed E-state index contributed by atoms with van der Waals surface area (Å²) >= 11 is 0. The van der Waals surface area contributed by atoms with Crippen LogP contribution in [0.25, 0.3) is 0 Å². The van der Waals surface area contributed by atoms with Crippen molar-refractivity contribution in [1.82, 2.24) is 4.31 Å². The number of benzene rings is 1. The molecular formula is C12H14N2O5S. The predicted octanol–water partition coefficient (Wildman–Crippen LogP) is 0.276. The van der Waals surface area contributed by atoms with E-state index in [0.29, 0.717) is 11.3 Å². The van der Waals surface area contributed by atoms with Gasteiger partial charge in [-0.2, -0.15) is 0 Å². The monoisotopic (exact) mass is 298 g/mol. The smallest absolute Gasteiger partial charge is 0.304 e. The molecule has 1 aromatic carbocycles. The topological polar surface area (TPSA) is 104 Å². The molecule has 2 N–H and O–H groups in total. The molecule has 0 bridgehead atoms. The molecule has 2 rings (SSSR count). The summed E-state index contributed by atoms with van der Waals surface area (Å²) in [6.45, 7) is -0.105. The third-order valence-corrected chi connectivity index (χ3v) is 4.90. The van der Waals surface area contributed by atoms with Crippen molar-refractivity contribution in [3.8, 4) is 0 Å². The van der Waals surface area contributed by atoms with Gasteiger partial charge in [-0.05, 0) is 23.8 Å². The van der Waals surface area contributed by atoms with Crippen LogP contribution < -0.4 is 5.32 Å². The molecule has 0 fully saturated rings. The number of nitrogens with one attached hydrogen (secondary N) is 1. The van der Waals surface area contributed by atoms with Crippen LogP contribution in [0.5, 0.6) is 0 Å². The summed E-state index contributed by atoms with van der Waals surface area (Å²) in [4.78, 5) is 21.8. The number of carboxylic acids is 1. The van der Waals surface area contributed by atoms with Gasteiger partial charge in [-0.25, -0.2) is 12.7 Å². The average molecular weight is 298 g/mol. The van der Waals surface area contributed by atoms with Gasteiger partial charge in [0.2, 0.25) is 15.9 Å². The summed E-state index contributed by atoms with van der Waals surface area (Å²) in [5.41, 5.74) is 1.24. The van der Waals surface area contributed by atoms with E-state index >= 15 is 0 Å². The number of fused-ring (bicyclic) bond motifs is 1. The lowest BCUT2D eigenvalue weighted by Gasteiger charge is -2.16.